The summed E-state index contributed by atoms with van der Waals surface area (Å²) in [6.07, 6.45) is 3.54. The Bertz CT molecular complexity index is 408. The van der Waals surface area contributed by atoms with Gasteiger partial charge in [-0.1, -0.05) is 37.6 Å². The maximum absolute atomic E-state index is 5.18. The fraction of sp³-hybridized carbons (Fsp3) is 0.500. The molecule has 1 aliphatic heterocycles. The number of rotatable bonds is 4. The predicted octanol–water partition coefficient (Wildman–Crippen LogP) is 3.48. The Morgan fingerprint density at radius 3 is 2.67 bits per heavy atom. The van der Waals surface area contributed by atoms with Gasteiger partial charge in [-0.25, -0.2) is 0 Å². The predicted molar refractivity (Wildman–Crippen MR) is 75.8 cm³/mol. The van der Waals surface area contributed by atoms with Crippen LogP contribution in [0.2, 0.25) is 0 Å². The molecule has 1 aromatic rings. The van der Waals surface area contributed by atoms with Gasteiger partial charge in [-0.15, -0.1) is 0 Å². The van der Waals surface area contributed by atoms with Crippen LogP contribution in [-0.4, -0.2) is 25.1 Å². The highest BCUT2D eigenvalue weighted by Gasteiger charge is 2.23. The molecule has 0 N–H and O–H groups in total. The Kier molecular flexibility index (Phi) is 4.43. The highest BCUT2D eigenvalue weighted by Crippen LogP contribution is 2.24. The number of methoxy groups -OCH3 is 1. The zero-order chi connectivity index (χ0) is 13.0. The minimum Gasteiger partial charge on any atom is -0.497 e. The van der Waals surface area contributed by atoms with Crippen LogP contribution in [0.3, 0.4) is 0 Å². The van der Waals surface area contributed by atoms with Crippen LogP contribution in [0.4, 0.5) is 0 Å². The third-order valence-electron chi connectivity index (χ3n) is 3.60. The third-order valence-corrected chi connectivity index (χ3v) is 3.60. The van der Waals surface area contributed by atoms with E-state index < -0.39 is 0 Å². The molecule has 1 heterocycles. The first-order valence-electron chi connectivity index (χ1n) is 6.77. The van der Waals surface area contributed by atoms with E-state index in [2.05, 4.69) is 37.0 Å². The summed E-state index contributed by atoms with van der Waals surface area (Å²) in [4.78, 5) is 2.52. The monoisotopic (exact) mass is 245 g/mol. The maximum atomic E-state index is 5.18. The van der Waals surface area contributed by atoms with E-state index in [0.29, 0.717) is 5.92 Å². The minimum atomic E-state index is 0.711. The summed E-state index contributed by atoms with van der Waals surface area (Å²) in [6.45, 7) is 7.88. The lowest BCUT2D eigenvalue weighted by atomic mass is 10.0. The molecule has 2 rings (SSSR count). The van der Waals surface area contributed by atoms with E-state index in [4.69, 9.17) is 4.74 Å². The first-order chi connectivity index (χ1) is 8.72. The Labute approximate surface area is 110 Å². The van der Waals surface area contributed by atoms with Gasteiger partial charge in [-0.05, 0) is 30.0 Å². The number of nitrogens with zero attached hydrogens (tertiary/aromatic N) is 1. The highest BCUT2D eigenvalue weighted by molar-refractivity contribution is 5.27. The summed E-state index contributed by atoms with van der Waals surface area (Å²) in [7, 11) is 1.71. The van der Waals surface area contributed by atoms with Crippen LogP contribution in [0.5, 0.6) is 5.75 Å². The normalized spacial score (nSPS) is 22.6. The molecule has 0 radical (unpaired) electrons. The largest absolute Gasteiger partial charge is 0.497 e. The van der Waals surface area contributed by atoms with Crippen molar-refractivity contribution < 1.29 is 4.74 Å². The molecule has 1 atom stereocenters. The zero-order valence-corrected chi connectivity index (χ0v) is 11.6. The molecule has 0 bridgehead atoms. The van der Waals surface area contributed by atoms with Crippen molar-refractivity contribution in [1.82, 2.24) is 4.90 Å². The second-order valence-electron chi connectivity index (χ2n) is 5.11. The van der Waals surface area contributed by atoms with Gasteiger partial charge in [0.2, 0.25) is 0 Å². The van der Waals surface area contributed by atoms with Crippen molar-refractivity contribution in [2.45, 2.75) is 26.8 Å². The lowest BCUT2D eigenvalue weighted by molar-refractivity contribution is 0.321. The molecule has 2 nitrogen and oxygen atoms in total. The van der Waals surface area contributed by atoms with E-state index in [-0.39, 0.29) is 0 Å². The zero-order valence-electron chi connectivity index (χ0n) is 11.6. The Balaban J connectivity index is 1.96. The molecule has 98 valence electrons. The average Bonchev–Trinajstić information content (AvgIpc) is 2.71. The summed E-state index contributed by atoms with van der Waals surface area (Å²) in [5.41, 5.74) is 2.96. The summed E-state index contributed by atoms with van der Waals surface area (Å²) in [5, 5.41) is 0. The molecule has 0 saturated carbocycles. The first kappa shape index (κ1) is 13.2. The molecule has 0 amide bonds. The topological polar surface area (TPSA) is 12.5 Å². The molecule has 18 heavy (non-hydrogen) atoms. The second-order valence-corrected chi connectivity index (χ2v) is 5.11. The van der Waals surface area contributed by atoms with E-state index in [0.717, 1.165) is 25.3 Å². The van der Waals surface area contributed by atoms with Crippen LogP contribution in [0.15, 0.2) is 35.9 Å². The number of allylic oxidation sites excluding steroid dienone is 1. The van der Waals surface area contributed by atoms with Gasteiger partial charge >= 0.3 is 0 Å². The standard InChI is InChI=1S/C16H23NO/c1-4-5-15-12-17(10-13(15)2)11-14-6-8-16(18-3)9-7-14/h5-9,13H,4,10-12H2,1-3H3/b15-5+. The highest BCUT2D eigenvalue weighted by atomic mass is 16.5. The number of ether oxygens (including phenoxy) is 1. The number of benzene rings is 1. The quantitative estimate of drug-likeness (QED) is 0.753. The first-order valence-corrected chi connectivity index (χ1v) is 6.77. The SMILES string of the molecule is CC/C=C1\CN(Cc2ccc(OC)cc2)CC1C. The van der Waals surface area contributed by atoms with Crippen molar-refractivity contribution in [2.24, 2.45) is 5.92 Å². The van der Waals surface area contributed by atoms with Crippen molar-refractivity contribution in [3.8, 4) is 5.75 Å². The molecule has 1 fully saturated rings. The molecule has 1 aliphatic rings. The third kappa shape index (κ3) is 3.14. The average molecular weight is 245 g/mol. The van der Waals surface area contributed by atoms with Crippen molar-refractivity contribution in [1.29, 1.82) is 0 Å². The van der Waals surface area contributed by atoms with E-state index >= 15 is 0 Å². The van der Waals surface area contributed by atoms with Gasteiger partial charge in [0.05, 0.1) is 7.11 Å². The van der Waals surface area contributed by atoms with E-state index in [9.17, 15) is 0 Å². The fourth-order valence-electron chi connectivity index (χ4n) is 2.62. The number of hydrogen-bond acceptors (Lipinski definition) is 2. The summed E-state index contributed by atoms with van der Waals surface area (Å²) in [6, 6.07) is 8.39. The van der Waals surface area contributed by atoms with Crippen LogP contribution in [-0.2, 0) is 6.54 Å². The molecule has 0 aromatic heterocycles. The van der Waals surface area contributed by atoms with Crippen LogP contribution in [0.25, 0.3) is 0 Å². The van der Waals surface area contributed by atoms with Crippen LogP contribution in [0, 0.1) is 5.92 Å². The number of hydrogen-bond donors (Lipinski definition) is 0. The van der Waals surface area contributed by atoms with Gasteiger partial charge < -0.3 is 4.74 Å². The molecular weight excluding hydrogens is 222 g/mol. The molecule has 0 aliphatic carbocycles. The minimum absolute atomic E-state index is 0.711. The van der Waals surface area contributed by atoms with Crippen LogP contribution < -0.4 is 4.74 Å². The van der Waals surface area contributed by atoms with Gasteiger partial charge in [0.25, 0.3) is 0 Å². The molecular formula is C16H23NO. The van der Waals surface area contributed by atoms with Crippen molar-refractivity contribution in [2.75, 3.05) is 20.2 Å². The van der Waals surface area contributed by atoms with E-state index in [1.807, 2.05) is 12.1 Å². The van der Waals surface area contributed by atoms with Crippen LogP contribution >= 0.6 is 0 Å². The summed E-state index contributed by atoms with van der Waals surface area (Å²) >= 11 is 0. The summed E-state index contributed by atoms with van der Waals surface area (Å²) in [5.74, 6) is 1.64. The lowest BCUT2D eigenvalue weighted by Gasteiger charge is -2.14. The van der Waals surface area contributed by atoms with Gasteiger partial charge in [-0.2, -0.15) is 0 Å². The van der Waals surface area contributed by atoms with Crippen molar-refractivity contribution >= 4 is 0 Å². The van der Waals surface area contributed by atoms with Gasteiger partial charge in [0, 0.05) is 19.6 Å². The van der Waals surface area contributed by atoms with Gasteiger partial charge in [-0.3, -0.25) is 4.90 Å². The summed E-state index contributed by atoms with van der Waals surface area (Å²) < 4.78 is 5.18. The van der Waals surface area contributed by atoms with Gasteiger partial charge in [0.15, 0.2) is 0 Å². The van der Waals surface area contributed by atoms with E-state index in [1.165, 1.54) is 12.1 Å². The molecule has 2 heteroatoms. The Hall–Kier alpha value is -1.28. The Morgan fingerprint density at radius 2 is 2.06 bits per heavy atom. The van der Waals surface area contributed by atoms with Crippen LogP contribution in [0.1, 0.15) is 25.8 Å². The van der Waals surface area contributed by atoms with Crippen molar-refractivity contribution in [3.63, 3.8) is 0 Å². The molecule has 1 unspecified atom stereocenters. The molecule has 1 aromatic carbocycles. The number of likely N-dealkylation sites (tertiary alicyclic amines) is 1. The fourth-order valence-corrected chi connectivity index (χ4v) is 2.62. The second kappa shape index (κ2) is 6.05. The van der Waals surface area contributed by atoms with Crippen molar-refractivity contribution in [3.05, 3.63) is 41.5 Å². The lowest BCUT2D eigenvalue weighted by Crippen LogP contribution is -2.19. The molecule has 0 spiro atoms. The maximum Gasteiger partial charge on any atom is 0.118 e. The van der Waals surface area contributed by atoms with E-state index in [1.54, 1.807) is 12.7 Å². The Morgan fingerprint density at radius 1 is 1.33 bits per heavy atom. The smallest absolute Gasteiger partial charge is 0.118 e. The molecule has 1 saturated heterocycles. The van der Waals surface area contributed by atoms with Gasteiger partial charge in [0.1, 0.15) is 5.75 Å².